The molecule has 0 aliphatic heterocycles. The Morgan fingerprint density at radius 3 is 2.22 bits per heavy atom. The van der Waals surface area contributed by atoms with Gasteiger partial charge in [0, 0.05) is 5.92 Å². The summed E-state index contributed by atoms with van der Waals surface area (Å²) in [5.74, 6) is -0.675. The molecule has 2 N–H and O–H groups in total. The van der Waals surface area contributed by atoms with Crippen LogP contribution in [0, 0.1) is 5.92 Å². The van der Waals surface area contributed by atoms with Crippen LogP contribution in [0.4, 0.5) is 0 Å². The molecule has 9 heavy (non-hydrogen) atoms. The predicted molar refractivity (Wildman–Crippen MR) is 31.8 cm³/mol. The molecule has 0 saturated carbocycles. The molecule has 0 aliphatic carbocycles. The van der Waals surface area contributed by atoms with Crippen LogP contribution in [0.5, 0.6) is 0 Å². The quantitative estimate of drug-likeness (QED) is 0.552. The van der Waals surface area contributed by atoms with Crippen molar-refractivity contribution in [3.05, 3.63) is 0 Å². The summed E-state index contributed by atoms with van der Waals surface area (Å²) in [6, 6.07) is 0. The maximum absolute atomic E-state index is 10.1. The lowest BCUT2D eigenvalue weighted by molar-refractivity contribution is 0.368. The molecule has 0 saturated heterocycles. The summed E-state index contributed by atoms with van der Waals surface area (Å²) >= 11 is 0. The van der Waals surface area contributed by atoms with Crippen molar-refractivity contribution in [1.82, 2.24) is 0 Å². The molecule has 0 aliphatic rings. The van der Waals surface area contributed by atoms with Gasteiger partial charge >= 0.3 is 7.60 Å². The van der Waals surface area contributed by atoms with Crippen LogP contribution in [-0.2, 0) is 9.36 Å². The third-order valence-electron chi connectivity index (χ3n) is 0.713. The van der Waals surface area contributed by atoms with E-state index < -0.39 is 19.7 Å². The first-order valence-corrected chi connectivity index (χ1v) is 4.17. The van der Waals surface area contributed by atoms with Crippen LogP contribution >= 0.6 is 7.60 Å². The monoisotopic (exact) mass is 151 g/mol. The van der Waals surface area contributed by atoms with E-state index in [-0.39, 0.29) is 0 Å². The Balaban J connectivity index is 3.74. The maximum Gasteiger partial charge on any atom is 0.326 e. The lowest BCUT2D eigenvalue weighted by atomic mass is 10.3. The molecule has 4 nitrogen and oxygen atoms in total. The van der Waals surface area contributed by atoms with Crippen molar-refractivity contribution in [2.45, 2.75) is 6.92 Å². The molecule has 1 atom stereocenters. The molecule has 0 bridgehead atoms. The maximum atomic E-state index is 10.1. The van der Waals surface area contributed by atoms with E-state index in [9.17, 15) is 9.36 Å². The Bertz CT molecular complexity index is 138. The molecular formula is C4H8O4P. The summed E-state index contributed by atoms with van der Waals surface area (Å²) in [4.78, 5) is 26.2. The van der Waals surface area contributed by atoms with Crippen LogP contribution in [-0.4, -0.2) is 22.2 Å². The van der Waals surface area contributed by atoms with Crippen molar-refractivity contribution in [3.63, 3.8) is 0 Å². The van der Waals surface area contributed by atoms with Gasteiger partial charge in [-0.2, -0.15) is 0 Å². The molecular weight excluding hydrogens is 143 g/mol. The van der Waals surface area contributed by atoms with E-state index in [1.165, 1.54) is 13.2 Å². The molecule has 0 rings (SSSR count). The smallest absolute Gasteiger partial charge is 0.324 e. The largest absolute Gasteiger partial charge is 0.326 e. The van der Waals surface area contributed by atoms with Crippen LogP contribution in [0.1, 0.15) is 6.92 Å². The van der Waals surface area contributed by atoms with Crippen LogP contribution in [0.25, 0.3) is 0 Å². The lowest BCUT2D eigenvalue weighted by Crippen LogP contribution is -2.02. The summed E-state index contributed by atoms with van der Waals surface area (Å²) in [6.45, 7) is 1.41. The zero-order valence-corrected chi connectivity index (χ0v) is 5.84. The molecule has 0 aromatic heterocycles. The fourth-order valence-electron chi connectivity index (χ4n) is 0.394. The van der Waals surface area contributed by atoms with Gasteiger partial charge in [-0.25, -0.2) is 0 Å². The molecule has 1 radical (unpaired) electrons. The third kappa shape index (κ3) is 5.69. The molecule has 1 unspecified atom stereocenters. The molecule has 0 aromatic rings. The number of rotatable bonds is 3. The highest BCUT2D eigenvalue weighted by atomic mass is 31.2. The number of carbonyl (C=O) groups excluding carboxylic acids is 1. The summed E-state index contributed by atoms with van der Waals surface area (Å²) in [6.07, 6.45) is 1.07. The van der Waals surface area contributed by atoms with Crippen molar-refractivity contribution >= 4 is 13.9 Å². The van der Waals surface area contributed by atoms with Crippen LogP contribution in [0.3, 0.4) is 0 Å². The minimum absolute atomic E-state index is 0.406. The zero-order valence-electron chi connectivity index (χ0n) is 4.94. The molecule has 0 fully saturated rings. The van der Waals surface area contributed by atoms with E-state index in [0.717, 1.165) is 0 Å². The molecule has 0 heterocycles. The first-order valence-electron chi connectivity index (χ1n) is 2.38. The summed E-state index contributed by atoms with van der Waals surface area (Å²) in [5, 5.41) is 0. The minimum atomic E-state index is -4.00. The summed E-state index contributed by atoms with van der Waals surface area (Å²) in [7, 11) is -4.00. The first-order chi connectivity index (χ1) is 3.95. The highest BCUT2D eigenvalue weighted by molar-refractivity contribution is 7.51. The second kappa shape index (κ2) is 3.11. The molecule has 0 aromatic carbocycles. The molecule has 0 amide bonds. The SMILES string of the molecule is CC([C]=O)CP(=O)(O)O. The molecule has 5 heteroatoms. The van der Waals surface area contributed by atoms with Crippen LogP contribution in [0.2, 0.25) is 0 Å². The van der Waals surface area contributed by atoms with Gasteiger partial charge in [0.1, 0.15) is 0 Å². The van der Waals surface area contributed by atoms with E-state index in [2.05, 4.69) is 0 Å². The van der Waals surface area contributed by atoms with Crippen molar-refractivity contribution < 1.29 is 19.1 Å². The Morgan fingerprint density at radius 2 is 2.11 bits per heavy atom. The second-order valence-corrected chi connectivity index (χ2v) is 3.56. The van der Waals surface area contributed by atoms with Gasteiger partial charge in [0.2, 0.25) is 6.29 Å². The summed E-state index contributed by atoms with van der Waals surface area (Å²) < 4.78 is 10.1. The second-order valence-electron chi connectivity index (χ2n) is 1.87. The molecule has 53 valence electrons. The van der Waals surface area contributed by atoms with E-state index in [1.807, 2.05) is 0 Å². The van der Waals surface area contributed by atoms with Crippen molar-refractivity contribution in [3.8, 4) is 0 Å². The molecule has 0 spiro atoms. The van der Waals surface area contributed by atoms with Crippen LogP contribution in [0.15, 0.2) is 0 Å². The topological polar surface area (TPSA) is 74.6 Å². The van der Waals surface area contributed by atoms with E-state index in [1.54, 1.807) is 0 Å². The minimum Gasteiger partial charge on any atom is -0.324 e. The van der Waals surface area contributed by atoms with E-state index >= 15 is 0 Å². The van der Waals surface area contributed by atoms with Gasteiger partial charge < -0.3 is 9.79 Å². The fraction of sp³-hybridized carbons (Fsp3) is 0.750. The Labute approximate surface area is 53.0 Å². The highest BCUT2D eigenvalue weighted by Gasteiger charge is 2.17. The number of hydrogen-bond acceptors (Lipinski definition) is 2. The lowest BCUT2D eigenvalue weighted by Gasteiger charge is -2.02. The Kier molecular flexibility index (Phi) is 3.04. The Hall–Kier alpha value is -0.180. The standard InChI is InChI=1S/C4H8O4P/c1-4(2-5)3-9(6,7)8/h4H,3H2,1H3,(H2,6,7,8). The zero-order chi connectivity index (χ0) is 7.49. The van der Waals surface area contributed by atoms with Crippen molar-refractivity contribution in [2.24, 2.45) is 5.92 Å². The van der Waals surface area contributed by atoms with Gasteiger partial charge in [-0.1, -0.05) is 6.92 Å². The van der Waals surface area contributed by atoms with Crippen molar-refractivity contribution in [2.75, 3.05) is 6.16 Å². The van der Waals surface area contributed by atoms with Crippen molar-refractivity contribution in [1.29, 1.82) is 0 Å². The van der Waals surface area contributed by atoms with E-state index in [4.69, 9.17) is 9.79 Å². The van der Waals surface area contributed by atoms with Gasteiger partial charge in [-0.05, 0) is 0 Å². The van der Waals surface area contributed by atoms with E-state index in [0.29, 0.717) is 0 Å². The van der Waals surface area contributed by atoms with Gasteiger partial charge in [0.25, 0.3) is 0 Å². The van der Waals surface area contributed by atoms with Gasteiger partial charge in [-0.15, -0.1) is 0 Å². The normalized spacial score (nSPS) is 15.0. The third-order valence-corrected chi connectivity index (χ3v) is 1.74. The van der Waals surface area contributed by atoms with Crippen LogP contribution < -0.4 is 0 Å². The average molecular weight is 151 g/mol. The first kappa shape index (κ1) is 8.82. The fourth-order valence-corrected chi connectivity index (χ4v) is 1.18. The van der Waals surface area contributed by atoms with Gasteiger partial charge in [0.15, 0.2) is 0 Å². The average Bonchev–Trinajstić information content (AvgIpc) is 1.62. The summed E-state index contributed by atoms with van der Waals surface area (Å²) in [5.41, 5.74) is 0. The highest BCUT2D eigenvalue weighted by Crippen LogP contribution is 2.35. The predicted octanol–water partition coefficient (Wildman–Crippen LogP) is -0.0901. The number of hydrogen-bond donors (Lipinski definition) is 2. The van der Waals surface area contributed by atoms with Gasteiger partial charge in [-0.3, -0.25) is 9.36 Å². The Morgan fingerprint density at radius 1 is 1.67 bits per heavy atom. The van der Waals surface area contributed by atoms with Gasteiger partial charge in [0.05, 0.1) is 6.16 Å².